The molecule has 0 aromatic heterocycles. The van der Waals surface area contributed by atoms with E-state index in [1.54, 1.807) is 0 Å². The Morgan fingerprint density at radius 3 is 2.91 bits per heavy atom. The van der Waals surface area contributed by atoms with Crippen molar-refractivity contribution in [3.8, 4) is 0 Å². The van der Waals surface area contributed by atoms with Crippen LogP contribution in [0, 0.1) is 0 Å². The van der Waals surface area contributed by atoms with E-state index < -0.39 is 12.2 Å². The Morgan fingerprint density at radius 1 is 1.73 bits per heavy atom. The van der Waals surface area contributed by atoms with Crippen LogP contribution >= 0.6 is 0 Å². The van der Waals surface area contributed by atoms with Crippen LogP contribution in [0.3, 0.4) is 0 Å². The molecule has 0 aromatic rings. The molecule has 1 aliphatic heterocycles. The molecule has 11 heavy (non-hydrogen) atoms. The van der Waals surface area contributed by atoms with Gasteiger partial charge in [-0.25, -0.2) is 0 Å². The fraction of sp³-hybridized carbons (Fsp3) is 1.00. The highest BCUT2D eigenvalue weighted by Gasteiger charge is 2.29. The first-order valence-electron chi connectivity index (χ1n) is 3.70. The van der Waals surface area contributed by atoms with Crippen LogP contribution in [0.25, 0.3) is 0 Å². The minimum atomic E-state index is -0.614. The molecule has 66 valence electrons. The molecule has 0 aromatic carbocycles. The number of rotatable bonds is 3. The van der Waals surface area contributed by atoms with E-state index in [0.29, 0.717) is 13.0 Å². The van der Waals surface area contributed by atoms with Gasteiger partial charge in [0.15, 0.2) is 0 Å². The predicted molar refractivity (Wildman–Crippen MR) is 38.2 cm³/mol. The van der Waals surface area contributed by atoms with Gasteiger partial charge in [-0.15, -0.1) is 0 Å². The molecule has 0 aliphatic carbocycles. The summed E-state index contributed by atoms with van der Waals surface area (Å²) < 4.78 is 9.84. The zero-order chi connectivity index (χ0) is 8.27. The second-order valence-corrected chi connectivity index (χ2v) is 2.78. The van der Waals surface area contributed by atoms with Crippen molar-refractivity contribution in [3.63, 3.8) is 0 Å². The van der Waals surface area contributed by atoms with E-state index in [-0.39, 0.29) is 12.7 Å². The topological polar surface area (TPSA) is 58.9 Å². The predicted octanol–water partition coefficient (Wildman–Crippen LogP) is -0.857. The van der Waals surface area contributed by atoms with Gasteiger partial charge in [-0.3, -0.25) is 0 Å². The van der Waals surface area contributed by atoms with Crippen LogP contribution in [0.1, 0.15) is 6.42 Å². The van der Waals surface area contributed by atoms with Crippen molar-refractivity contribution in [2.45, 2.75) is 24.7 Å². The summed E-state index contributed by atoms with van der Waals surface area (Å²) in [6, 6.07) is 0. The van der Waals surface area contributed by atoms with Gasteiger partial charge in [0.2, 0.25) is 0 Å². The number of aliphatic hydroxyl groups is 2. The second kappa shape index (κ2) is 4.01. The molecular weight excluding hydrogens is 148 g/mol. The molecule has 3 atom stereocenters. The van der Waals surface area contributed by atoms with E-state index in [4.69, 9.17) is 14.6 Å². The second-order valence-electron chi connectivity index (χ2n) is 2.78. The van der Waals surface area contributed by atoms with Gasteiger partial charge in [0.1, 0.15) is 6.10 Å². The van der Waals surface area contributed by atoms with Crippen molar-refractivity contribution in [2.24, 2.45) is 0 Å². The first-order valence-corrected chi connectivity index (χ1v) is 3.70. The highest BCUT2D eigenvalue weighted by atomic mass is 16.5. The van der Waals surface area contributed by atoms with Gasteiger partial charge in [-0.2, -0.15) is 0 Å². The Kier molecular flexibility index (Phi) is 3.26. The Morgan fingerprint density at radius 2 is 2.45 bits per heavy atom. The molecule has 0 bridgehead atoms. The van der Waals surface area contributed by atoms with Crippen LogP contribution in [-0.4, -0.2) is 48.8 Å². The molecule has 1 fully saturated rings. The van der Waals surface area contributed by atoms with Crippen LogP contribution in [-0.2, 0) is 9.47 Å². The molecule has 1 heterocycles. The molecule has 0 saturated carbocycles. The molecule has 1 saturated heterocycles. The largest absolute Gasteiger partial charge is 0.391 e. The minimum absolute atomic E-state index is 0.259. The lowest BCUT2D eigenvalue weighted by Gasteiger charge is -2.15. The average Bonchev–Trinajstić information content (AvgIpc) is 2.36. The van der Waals surface area contributed by atoms with Crippen molar-refractivity contribution < 1.29 is 19.7 Å². The Hall–Kier alpha value is -0.160. The normalized spacial score (nSPS) is 34.1. The number of ether oxygens (including phenoxy) is 2. The molecule has 4 heteroatoms. The van der Waals surface area contributed by atoms with Crippen LogP contribution in [0.15, 0.2) is 0 Å². The summed E-state index contributed by atoms with van der Waals surface area (Å²) in [5.74, 6) is 0. The fourth-order valence-corrected chi connectivity index (χ4v) is 1.19. The van der Waals surface area contributed by atoms with E-state index in [9.17, 15) is 5.11 Å². The minimum Gasteiger partial charge on any atom is -0.391 e. The molecular formula is C7H14O4. The first-order chi connectivity index (χ1) is 5.24. The number of methoxy groups -OCH3 is 1. The summed E-state index contributed by atoms with van der Waals surface area (Å²) in [6.45, 7) is 0.586. The SMILES string of the molecule is COC[C@@H](O)[C@@H]1C[C@H](O)CO1. The monoisotopic (exact) mass is 162 g/mol. The van der Waals surface area contributed by atoms with E-state index in [0.717, 1.165) is 0 Å². The number of hydrogen-bond acceptors (Lipinski definition) is 4. The van der Waals surface area contributed by atoms with E-state index >= 15 is 0 Å². The highest BCUT2D eigenvalue weighted by molar-refractivity contribution is 4.78. The Balaban J connectivity index is 2.25. The first kappa shape index (κ1) is 8.93. The summed E-state index contributed by atoms with van der Waals surface area (Å²) in [5.41, 5.74) is 0. The lowest BCUT2D eigenvalue weighted by atomic mass is 10.1. The van der Waals surface area contributed by atoms with E-state index in [2.05, 4.69) is 0 Å². The summed E-state index contributed by atoms with van der Waals surface area (Å²) in [4.78, 5) is 0. The third-order valence-corrected chi connectivity index (χ3v) is 1.77. The third-order valence-electron chi connectivity index (χ3n) is 1.77. The lowest BCUT2D eigenvalue weighted by molar-refractivity contribution is -0.0386. The van der Waals surface area contributed by atoms with Crippen LogP contribution in [0.5, 0.6) is 0 Å². The van der Waals surface area contributed by atoms with E-state index in [1.165, 1.54) is 7.11 Å². The molecule has 0 spiro atoms. The van der Waals surface area contributed by atoms with Gasteiger partial charge in [-0.05, 0) is 0 Å². The molecule has 0 radical (unpaired) electrons. The zero-order valence-electron chi connectivity index (χ0n) is 6.56. The highest BCUT2D eigenvalue weighted by Crippen LogP contribution is 2.16. The summed E-state index contributed by atoms with van der Waals surface area (Å²) in [6.07, 6.45) is -0.793. The van der Waals surface area contributed by atoms with Gasteiger partial charge in [-0.1, -0.05) is 0 Å². The van der Waals surface area contributed by atoms with E-state index in [1.807, 2.05) is 0 Å². The molecule has 1 aliphatic rings. The summed E-state index contributed by atoms with van der Waals surface area (Å²) in [5, 5.41) is 18.3. The van der Waals surface area contributed by atoms with Crippen LogP contribution in [0.2, 0.25) is 0 Å². The Bertz CT molecular complexity index is 117. The van der Waals surface area contributed by atoms with Gasteiger partial charge < -0.3 is 19.7 Å². The van der Waals surface area contributed by atoms with Gasteiger partial charge in [0, 0.05) is 13.5 Å². The van der Waals surface area contributed by atoms with Crippen LogP contribution in [0.4, 0.5) is 0 Å². The molecule has 4 nitrogen and oxygen atoms in total. The lowest BCUT2D eigenvalue weighted by Crippen LogP contribution is -2.29. The van der Waals surface area contributed by atoms with Gasteiger partial charge in [0.05, 0.1) is 25.4 Å². The maximum absolute atomic E-state index is 9.31. The standard InChI is InChI=1S/C7H14O4/c1-10-4-6(9)7-2-5(8)3-11-7/h5-9H,2-4H2,1H3/t5-,6+,7-/m0/s1. The maximum Gasteiger partial charge on any atom is 0.103 e. The third kappa shape index (κ3) is 2.41. The van der Waals surface area contributed by atoms with Crippen molar-refractivity contribution >= 4 is 0 Å². The maximum atomic E-state index is 9.31. The van der Waals surface area contributed by atoms with Crippen molar-refractivity contribution in [1.82, 2.24) is 0 Å². The summed E-state index contributed by atoms with van der Waals surface area (Å²) in [7, 11) is 1.52. The molecule has 0 unspecified atom stereocenters. The van der Waals surface area contributed by atoms with Gasteiger partial charge in [0.25, 0.3) is 0 Å². The molecule has 1 rings (SSSR count). The number of hydrogen-bond donors (Lipinski definition) is 2. The molecule has 2 N–H and O–H groups in total. The average molecular weight is 162 g/mol. The molecule has 0 amide bonds. The fourth-order valence-electron chi connectivity index (χ4n) is 1.19. The van der Waals surface area contributed by atoms with Crippen molar-refractivity contribution in [1.29, 1.82) is 0 Å². The van der Waals surface area contributed by atoms with Crippen LogP contribution < -0.4 is 0 Å². The van der Waals surface area contributed by atoms with Crippen molar-refractivity contribution in [3.05, 3.63) is 0 Å². The summed E-state index contributed by atoms with van der Waals surface area (Å²) >= 11 is 0. The number of aliphatic hydroxyl groups excluding tert-OH is 2. The van der Waals surface area contributed by atoms with Gasteiger partial charge >= 0.3 is 0 Å². The quantitative estimate of drug-likeness (QED) is 0.567. The zero-order valence-corrected chi connectivity index (χ0v) is 6.56. The Labute approximate surface area is 65.7 Å². The van der Waals surface area contributed by atoms with Crippen molar-refractivity contribution in [2.75, 3.05) is 20.3 Å². The smallest absolute Gasteiger partial charge is 0.103 e.